The summed E-state index contributed by atoms with van der Waals surface area (Å²) in [6, 6.07) is 19.0. The lowest BCUT2D eigenvalue weighted by atomic mass is 10.1. The zero-order valence-corrected chi connectivity index (χ0v) is 21.5. The topological polar surface area (TPSA) is 88.7 Å². The highest BCUT2D eigenvalue weighted by Crippen LogP contribution is 2.30. The molecule has 1 aliphatic heterocycles. The number of amides is 2. The molecule has 4 rings (SSSR count). The number of anilines is 2. The lowest BCUT2D eigenvalue weighted by Crippen LogP contribution is -2.40. The average Bonchev–Trinajstić information content (AvgIpc) is 2.89. The van der Waals surface area contributed by atoms with Crippen LogP contribution >= 0.6 is 11.8 Å². The van der Waals surface area contributed by atoms with E-state index in [-0.39, 0.29) is 17.9 Å². The van der Waals surface area contributed by atoms with Gasteiger partial charge in [0.25, 0.3) is 5.91 Å². The minimum absolute atomic E-state index is 0.0919. The predicted molar refractivity (Wildman–Crippen MR) is 145 cm³/mol. The molecular weight excluding hydrogens is 474 g/mol. The third-order valence-corrected chi connectivity index (χ3v) is 7.22. The number of fused-ring (bicyclic) bond motifs is 1. The molecule has 3 N–H and O–H groups in total. The van der Waals surface area contributed by atoms with Crippen molar-refractivity contribution in [3.63, 3.8) is 0 Å². The summed E-state index contributed by atoms with van der Waals surface area (Å²) in [6.07, 6.45) is 0.650. The number of nitrogens with one attached hydrogen (secondary N) is 3. The van der Waals surface area contributed by atoms with E-state index in [2.05, 4.69) is 35.0 Å². The summed E-state index contributed by atoms with van der Waals surface area (Å²) < 4.78 is 10.6. The van der Waals surface area contributed by atoms with Gasteiger partial charge in [0.1, 0.15) is 6.04 Å². The summed E-state index contributed by atoms with van der Waals surface area (Å²) >= 11 is 1.72. The summed E-state index contributed by atoms with van der Waals surface area (Å²) in [6.45, 7) is 2.57. The first-order valence-corrected chi connectivity index (χ1v) is 13.0. The summed E-state index contributed by atoms with van der Waals surface area (Å²) in [5.41, 5.74) is 5.49. The van der Waals surface area contributed by atoms with Gasteiger partial charge in [0.05, 0.1) is 25.6 Å². The van der Waals surface area contributed by atoms with Crippen molar-refractivity contribution in [2.75, 3.05) is 37.2 Å². The number of thioether (sulfide) groups is 1. The fourth-order valence-corrected chi connectivity index (χ4v) is 5.15. The molecule has 8 heteroatoms. The summed E-state index contributed by atoms with van der Waals surface area (Å²) in [5.74, 6) is 2.55. The van der Waals surface area contributed by atoms with Gasteiger partial charge < -0.3 is 25.4 Å². The Labute approximate surface area is 216 Å². The van der Waals surface area contributed by atoms with Crippen LogP contribution in [0.1, 0.15) is 27.0 Å². The van der Waals surface area contributed by atoms with Gasteiger partial charge in [-0.1, -0.05) is 30.3 Å². The van der Waals surface area contributed by atoms with Crippen molar-refractivity contribution in [1.82, 2.24) is 5.32 Å². The summed E-state index contributed by atoms with van der Waals surface area (Å²) in [5, 5.41) is 9.20. The zero-order chi connectivity index (χ0) is 25.5. The lowest BCUT2D eigenvalue weighted by Gasteiger charge is -2.27. The van der Waals surface area contributed by atoms with Crippen LogP contribution in [0, 0.1) is 6.92 Å². The molecule has 2 amide bonds. The van der Waals surface area contributed by atoms with E-state index in [4.69, 9.17) is 9.47 Å². The van der Waals surface area contributed by atoms with E-state index in [0.29, 0.717) is 41.5 Å². The first-order valence-electron chi connectivity index (χ1n) is 11.8. The van der Waals surface area contributed by atoms with Crippen molar-refractivity contribution < 1.29 is 19.1 Å². The molecule has 3 aromatic carbocycles. The molecule has 1 aliphatic rings. The molecule has 0 aliphatic carbocycles. The van der Waals surface area contributed by atoms with Crippen molar-refractivity contribution in [3.05, 3.63) is 82.9 Å². The second kappa shape index (κ2) is 11.9. The van der Waals surface area contributed by atoms with E-state index >= 15 is 0 Å². The van der Waals surface area contributed by atoms with Gasteiger partial charge in [0, 0.05) is 23.6 Å². The van der Waals surface area contributed by atoms with Crippen LogP contribution in [0.15, 0.2) is 60.7 Å². The minimum Gasteiger partial charge on any atom is -0.493 e. The van der Waals surface area contributed by atoms with Crippen LogP contribution in [0.3, 0.4) is 0 Å². The summed E-state index contributed by atoms with van der Waals surface area (Å²) in [4.78, 5) is 25.4. The maximum absolute atomic E-state index is 12.7. The quantitative estimate of drug-likeness (QED) is 0.372. The normalized spacial score (nSPS) is 14.3. The average molecular weight is 506 g/mol. The van der Waals surface area contributed by atoms with Crippen molar-refractivity contribution in [1.29, 1.82) is 0 Å². The molecule has 0 radical (unpaired) electrons. The fraction of sp³-hybridized carbons (Fsp3) is 0.286. The number of methoxy groups -OCH3 is 2. The SMILES string of the molecule is COc1ccc(CCNC(=O)c2ccc3c(c2)NC(=O)C(CSCc2ccccc2C)N3)cc1OC. The number of carbonyl (C=O) groups excluding carboxylic acids is 2. The Morgan fingerprint density at radius 2 is 1.81 bits per heavy atom. The Balaban J connectivity index is 1.30. The number of rotatable bonds is 10. The monoisotopic (exact) mass is 505 g/mol. The van der Waals surface area contributed by atoms with Gasteiger partial charge in [-0.2, -0.15) is 11.8 Å². The van der Waals surface area contributed by atoms with E-state index in [1.54, 1.807) is 38.1 Å². The van der Waals surface area contributed by atoms with Crippen LogP contribution in [0.2, 0.25) is 0 Å². The fourth-order valence-electron chi connectivity index (χ4n) is 4.02. The number of hydrogen-bond acceptors (Lipinski definition) is 6. The Kier molecular flexibility index (Phi) is 8.38. The lowest BCUT2D eigenvalue weighted by molar-refractivity contribution is -0.116. The van der Waals surface area contributed by atoms with Crippen LogP contribution in [-0.4, -0.2) is 44.4 Å². The standard InChI is InChI=1S/C28H31N3O4S/c1-18-6-4-5-7-21(18)16-36-17-24-28(33)31-23-15-20(9-10-22(23)30-24)27(32)29-13-12-19-8-11-25(34-2)26(14-19)35-3/h4-11,14-15,24,30H,12-13,16-17H2,1-3H3,(H,29,32)(H,31,33). The Bertz CT molecular complexity index is 1250. The Morgan fingerprint density at radius 3 is 2.58 bits per heavy atom. The maximum Gasteiger partial charge on any atom is 0.251 e. The minimum atomic E-state index is -0.326. The molecule has 0 spiro atoms. The molecule has 1 heterocycles. The Hall–Kier alpha value is -3.65. The van der Waals surface area contributed by atoms with Crippen LogP contribution in [0.5, 0.6) is 11.5 Å². The van der Waals surface area contributed by atoms with Crippen LogP contribution in [0.4, 0.5) is 11.4 Å². The van der Waals surface area contributed by atoms with E-state index < -0.39 is 0 Å². The van der Waals surface area contributed by atoms with Crippen molar-refractivity contribution >= 4 is 35.0 Å². The van der Waals surface area contributed by atoms with Gasteiger partial charge in [0.2, 0.25) is 5.91 Å². The molecule has 0 bridgehead atoms. The van der Waals surface area contributed by atoms with E-state index in [9.17, 15) is 9.59 Å². The Morgan fingerprint density at radius 1 is 1.00 bits per heavy atom. The van der Waals surface area contributed by atoms with E-state index in [1.807, 2.05) is 36.4 Å². The van der Waals surface area contributed by atoms with Crippen LogP contribution < -0.4 is 25.4 Å². The first-order chi connectivity index (χ1) is 17.5. The molecule has 3 aromatic rings. The van der Waals surface area contributed by atoms with Gasteiger partial charge in [-0.15, -0.1) is 0 Å². The first kappa shape index (κ1) is 25.4. The summed E-state index contributed by atoms with van der Waals surface area (Å²) in [7, 11) is 3.19. The second-order valence-corrected chi connectivity index (χ2v) is 9.61. The molecule has 36 heavy (non-hydrogen) atoms. The van der Waals surface area contributed by atoms with Crippen LogP contribution in [0.25, 0.3) is 0 Å². The molecule has 0 aromatic heterocycles. The number of hydrogen-bond donors (Lipinski definition) is 3. The highest BCUT2D eigenvalue weighted by Gasteiger charge is 2.26. The predicted octanol–water partition coefficient (Wildman–Crippen LogP) is 4.65. The van der Waals surface area contributed by atoms with Gasteiger partial charge in [-0.05, 0) is 60.4 Å². The highest BCUT2D eigenvalue weighted by molar-refractivity contribution is 7.98. The molecule has 0 fully saturated rings. The van der Waals surface area contributed by atoms with Crippen molar-refractivity contribution in [2.24, 2.45) is 0 Å². The third-order valence-electron chi connectivity index (χ3n) is 6.14. The molecule has 188 valence electrons. The molecule has 0 saturated carbocycles. The number of aryl methyl sites for hydroxylation is 1. The zero-order valence-electron chi connectivity index (χ0n) is 20.7. The molecular formula is C28H31N3O4S. The van der Waals surface area contributed by atoms with Crippen molar-refractivity contribution in [3.8, 4) is 11.5 Å². The smallest absolute Gasteiger partial charge is 0.251 e. The maximum atomic E-state index is 12.7. The number of carbonyl (C=O) groups is 2. The number of ether oxygens (including phenoxy) is 2. The number of benzene rings is 3. The molecule has 1 atom stereocenters. The van der Waals surface area contributed by atoms with Gasteiger partial charge in [-0.3, -0.25) is 9.59 Å². The molecule has 7 nitrogen and oxygen atoms in total. The van der Waals surface area contributed by atoms with Crippen LogP contribution in [-0.2, 0) is 17.0 Å². The van der Waals surface area contributed by atoms with Gasteiger partial charge >= 0.3 is 0 Å². The van der Waals surface area contributed by atoms with E-state index in [0.717, 1.165) is 17.0 Å². The van der Waals surface area contributed by atoms with E-state index in [1.165, 1.54) is 11.1 Å². The molecule has 1 unspecified atom stereocenters. The molecule has 0 saturated heterocycles. The van der Waals surface area contributed by atoms with Crippen molar-refractivity contribution in [2.45, 2.75) is 25.1 Å². The highest BCUT2D eigenvalue weighted by atomic mass is 32.2. The third kappa shape index (κ3) is 6.12. The second-order valence-electron chi connectivity index (χ2n) is 8.58. The largest absolute Gasteiger partial charge is 0.493 e. The van der Waals surface area contributed by atoms with Gasteiger partial charge in [-0.25, -0.2) is 0 Å². The van der Waals surface area contributed by atoms with Gasteiger partial charge in [0.15, 0.2) is 11.5 Å².